The summed E-state index contributed by atoms with van der Waals surface area (Å²) >= 11 is 1.49. The number of carbonyl (C=O) groups excluding carboxylic acids is 2. The zero-order chi connectivity index (χ0) is 23.5. The van der Waals surface area contributed by atoms with Crippen LogP contribution < -0.4 is 4.74 Å². The zero-order valence-electron chi connectivity index (χ0n) is 18.9. The molecule has 9 heteroatoms. The highest BCUT2D eigenvalue weighted by atomic mass is 32.2. The fourth-order valence-corrected chi connectivity index (χ4v) is 5.99. The van der Waals surface area contributed by atoms with Gasteiger partial charge in [-0.2, -0.15) is 4.68 Å². The summed E-state index contributed by atoms with van der Waals surface area (Å²) < 4.78 is 6.71. The smallest absolute Gasteiger partial charge is 0.308 e. The van der Waals surface area contributed by atoms with Gasteiger partial charge in [0.2, 0.25) is 5.16 Å². The van der Waals surface area contributed by atoms with E-state index in [0.29, 0.717) is 22.2 Å². The number of hydrogen-bond acceptors (Lipinski definition) is 8. The Kier molecular flexibility index (Phi) is 4.95. The van der Waals surface area contributed by atoms with Crippen molar-refractivity contribution >= 4 is 23.5 Å². The van der Waals surface area contributed by atoms with Crippen LogP contribution in [-0.2, 0) is 9.59 Å². The molecule has 1 saturated carbocycles. The van der Waals surface area contributed by atoms with E-state index in [1.54, 1.807) is 35.9 Å². The molecule has 33 heavy (non-hydrogen) atoms. The Hall–Kier alpha value is -3.04. The molecule has 1 heterocycles. The molecule has 1 aromatic heterocycles. The van der Waals surface area contributed by atoms with Crippen LogP contribution in [0.1, 0.15) is 40.5 Å². The lowest BCUT2D eigenvalue weighted by atomic mass is 9.67. The lowest BCUT2D eigenvalue weighted by molar-refractivity contribution is -0.137. The van der Waals surface area contributed by atoms with Crippen molar-refractivity contribution in [1.82, 2.24) is 20.2 Å². The van der Waals surface area contributed by atoms with Crippen LogP contribution in [0.5, 0.6) is 5.75 Å². The van der Waals surface area contributed by atoms with Crippen LogP contribution in [0.2, 0.25) is 0 Å². The Balaban J connectivity index is 1.40. The number of thioether (sulfide) groups is 1. The van der Waals surface area contributed by atoms with Crippen molar-refractivity contribution in [2.75, 3.05) is 5.75 Å². The standard InChI is InChI=1S/C24H24N4O4S/c1-13-11-18-20(14(2)24(9-10-24)23(4,31)21(18)30)19(13)12-33-22-25-26-27-28(22)16-5-7-17(8-6-16)32-15(3)29/h5-8,11,31H,9-10,12H2,1-4H3/t23-/m0/s1. The highest BCUT2D eigenvalue weighted by Crippen LogP contribution is 2.65. The minimum Gasteiger partial charge on any atom is -0.427 e. The van der Waals surface area contributed by atoms with Crippen molar-refractivity contribution in [2.24, 2.45) is 5.41 Å². The van der Waals surface area contributed by atoms with Gasteiger partial charge in [-0.3, -0.25) is 9.59 Å². The van der Waals surface area contributed by atoms with E-state index in [1.165, 1.54) is 18.7 Å². The second-order valence-corrected chi connectivity index (χ2v) is 9.90. The van der Waals surface area contributed by atoms with Crippen LogP contribution in [0.4, 0.5) is 0 Å². The number of carbonyl (C=O) groups is 2. The lowest BCUT2D eigenvalue weighted by Crippen LogP contribution is -2.49. The van der Waals surface area contributed by atoms with Gasteiger partial charge in [0.05, 0.1) is 5.69 Å². The predicted octanol–water partition coefficient (Wildman–Crippen LogP) is 3.37. The summed E-state index contributed by atoms with van der Waals surface area (Å²) in [5.74, 6) is 0.483. The highest BCUT2D eigenvalue weighted by Gasteiger charge is 2.65. The maximum absolute atomic E-state index is 13.1. The number of esters is 1. The molecule has 3 aliphatic rings. The maximum atomic E-state index is 13.1. The number of benzene rings is 1. The van der Waals surface area contributed by atoms with Crippen LogP contribution in [0, 0.1) is 5.41 Å². The van der Waals surface area contributed by atoms with Crippen LogP contribution in [-0.4, -0.2) is 48.4 Å². The van der Waals surface area contributed by atoms with Gasteiger partial charge in [-0.25, -0.2) is 0 Å². The fourth-order valence-electron chi connectivity index (χ4n) is 4.99. The first kappa shape index (κ1) is 21.8. The third kappa shape index (κ3) is 3.29. The van der Waals surface area contributed by atoms with Gasteiger partial charge in [-0.1, -0.05) is 17.3 Å². The number of allylic oxidation sites excluding steroid dienone is 3. The number of aromatic nitrogens is 4. The number of ether oxygens (including phenoxy) is 1. The monoisotopic (exact) mass is 464 g/mol. The summed E-state index contributed by atoms with van der Waals surface area (Å²) in [6.45, 7) is 7.06. The van der Waals surface area contributed by atoms with Gasteiger partial charge in [0.1, 0.15) is 11.4 Å². The molecule has 0 amide bonds. The molecule has 2 aromatic rings. The second-order valence-electron chi connectivity index (χ2n) is 8.95. The molecule has 170 valence electrons. The van der Waals surface area contributed by atoms with E-state index in [2.05, 4.69) is 22.4 Å². The second kappa shape index (κ2) is 7.50. The molecule has 0 bridgehead atoms. The average molecular weight is 465 g/mol. The Morgan fingerprint density at radius 3 is 2.58 bits per heavy atom. The number of fused-ring (bicyclic) bond motifs is 1. The Bertz CT molecular complexity index is 1280. The number of aliphatic hydroxyl groups is 1. The Labute approximate surface area is 195 Å². The van der Waals surface area contributed by atoms with E-state index in [-0.39, 0.29) is 11.8 Å². The van der Waals surface area contributed by atoms with Crippen molar-refractivity contribution < 1.29 is 19.4 Å². The van der Waals surface area contributed by atoms with Gasteiger partial charge in [-0.15, -0.1) is 5.10 Å². The summed E-state index contributed by atoms with van der Waals surface area (Å²) in [4.78, 5) is 24.3. The van der Waals surface area contributed by atoms with Crippen molar-refractivity contribution in [3.8, 4) is 11.4 Å². The summed E-state index contributed by atoms with van der Waals surface area (Å²) in [5.41, 5.74) is 3.76. The van der Waals surface area contributed by atoms with E-state index in [4.69, 9.17) is 4.74 Å². The van der Waals surface area contributed by atoms with Crippen molar-refractivity contribution in [2.45, 2.75) is 51.3 Å². The number of rotatable bonds is 5. The first-order chi connectivity index (χ1) is 15.7. The van der Waals surface area contributed by atoms with E-state index in [0.717, 1.165) is 40.8 Å². The molecule has 0 radical (unpaired) electrons. The molecule has 0 saturated heterocycles. The minimum atomic E-state index is -1.35. The molecule has 0 aliphatic heterocycles. The Morgan fingerprint density at radius 2 is 1.94 bits per heavy atom. The summed E-state index contributed by atoms with van der Waals surface area (Å²) in [6.07, 6.45) is 3.56. The predicted molar refractivity (Wildman–Crippen MR) is 122 cm³/mol. The van der Waals surface area contributed by atoms with Crippen LogP contribution in [0.15, 0.2) is 63.4 Å². The summed E-state index contributed by atoms with van der Waals surface area (Å²) in [5, 5.41) is 23.7. The molecule has 1 aromatic carbocycles. The Morgan fingerprint density at radius 1 is 1.24 bits per heavy atom. The topological polar surface area (TPSA) is 107 Å². The van der Waals surface area contributed by atoms with Gasteiger partial charge < -0.3 is 9.84 Å². The number of hydrogen-bond donors (Lipinski definition) is 1. The van der Waals surface area contributed by atoms with Crippen molar-refractivity contribution in [3.05, 3.63) is 58.2 Å². The van der Waals surface area contributed by atoms with Crippen LogP contribution >= 0.6 is 11.8 Å². The normalized spacial score (nSPS) is 23.2. The van der Waals surface area contributed by atoms with E-state index in [1.807, 2.05) is 13.0 Å². The number of tetrazole rings is 1. The first-order valence-electron chi connectivity index (χ1n) is 10.8. The SMILES string of the molecule is CC(=O)Oc1ccc(-n2nnnc2SCC2=C(C)C=C3C(=O)[C@](C)(O)C4(CC4)C(C)=C32)cc1. The third-order valence-corrected chi connectivity index (χ3v) is 7.94. The summed E-state index contributed by atoms with van der Waals surface area (Å²) in [6, 6.07) is 6.94. The van der Waals surface area contributed by atoms with Crippen LogP contribution in [0.25, 0.3) is 5.69 Å². The molecule has 0 unspecified atom stereocenters. The van der Waals surface area contributed by atoms with Crippen molar-refractivity contribution in [1.29, 1.82) is 0 Å². The van der Waals surface area contributed by atoms with Gasteiger partial charge >= 0.3 is 5.97 Å². The number of Topliss-reactive ketones (excluding diaryl/α,β-unsaturated/α-hetero) is 1. The van der Waals surface area contributed by atoms with Crippen molar-refractivity contribution in [3.63, 3.8) is 0 Å². The first-order valence-corrected chi connectivity index (χ1v) is 11.7. The molecule has 8 nitrogen and oxygen atoms in total. The molecule has 1 N–H and O–H groups in total. The molecule has 1 fully saturated rings. The highest BCUT2D eigenvalue weighted by molar-refractivity contribution is 7.99. The number of nitrogens with zero attached hydrogens (tertiary/aromatic N) is 4. The fraction of sp³-hybridized carbons (Fsp3) is 0.375. The molecule has 1 atom stereocenters. The quantitative estimate of drug-likeness (QED) is 0.408. The van der Waals surface area contributed by atoms with Gasteiger partial charge in [0, 0.05) is 23.7 Å². The average Bonchev–Trinajstić information content (AvgIpc) is 3.35. The van der Waals surface area contributed by atoms with E-state index in [9.17, 15) is 14.7 Å². The van der Waals surface area contributed by atoms with Crippen LogP contribution in [0.3, 0.4) is 0 Å². The van der Waals surface area contributed by atoms with E-state index >= 15 is 0 Å². The van der Waals surface area contributed by atoms with Gasteiger partial charge in [0.15, 0.2) is 5.78 Å². The largest absolute Gasteiger partial charge is 0.427 e. The maximum Gasteiger partial charge on any atom is 0.308 e. The molecular formula is C24H24N4O4S. The molecule has 3 aliphatic carbocycles. The summed E-state index contributed by atoms with van der Waals surface area (Å²) in [7, 11) is 0. The molecule has 1 spiro atoms. The van der Waals surface area contributed by atoms with Gasteiger partial charge in [-0.05, 0) is 91.1 Å². The zero-order valence-corrected chi connectivity index (χ0v) is 19.7. The third-order valence-electron chi connectivity index (χ3n) is 7.00. The molecular weight excluding hydrogens is 440 g/mol. The number of ketones is 1. The van der Waals surface area contributed by atoms with E-state index < -0.39 is 11.0 Å². The lowest BCUT2D eigenvalue weighted by Gasteiger charge is -2.39. The van der Waals surface area contributed by atoms with Gasteiger partial charge in [0.25, 0.3) is 0 Å². The minimum absolute atomic E-state index is 0.183. The molecule has 5 rings (SSSR count).